The Labute approximate surface area is 184 Å². The Hall–Kier alpha value is -3.46. The molecule has 2 aromatic rings. The highest BCUT2D eigenvalue weighted by Gasteiger charge is 2.46. The molecule has 0 unspecified atom stereocenters. The number of esters is 2. The van der Waals surface area contributed by atoms with E-state index in [1.54, 1.807) is 19.2 Å². The molecule has 0 saturated carbocycles. The lowest BCUT2D eigenvalue weighted by Gasteiger charge is -2.38. The van der Waals surface area contributed by atoms with Crippen LogP contribution in [0.3, 0.4) is 0 Å². The van der Waals surface area contributed by atoms with Gasteiger partial charge in [-0.05, 0) is 31.2 Å². The van der Waals surface area contributed by atoms with Crippen LogP contribution in [0.1, 0.15) is 46.1 Å². The largest absolute Gasteiger partial charge is 0.493 e. The van der Waals surface area contributed by atoms with Crippen LogP contribution in [-0.2, 0) is 16.0 Å². The smallest absolute Gasteiger partial charge is 0.343 e. The van der Waals surface area contributed by atoms with Crippen LogP contribution in [-0.4, -0.2) is 51.4 Å². The number of rotatable bonds is 4. The summed E-state index contributed by atoms with van der Waals surface area (Å²) in [5.41, 5.74) is 2.76. The molecule has 2 atom stereocenters. The SMILES string of the molecule is COc1ccc2c(c1OC(C)=O)C(=O)O[C@@H]2[C@H]1c2c(cc3c(c2OC)OCO3)CCN1C. The highest BCUT2D eigenvalue weighted by molar-refractivity contribution is 5.99. The quantitative estimate of drug-likeness (QED) is 0.524. The topological polar surface area (TPSA) is 92.8 Å². The number of carbonyl (C=O) groups is 2. The molecule has 0 saturated heterocycles. The molecule has 9 nitrogen and oxygen atoms in total. The minimum absolute atomic E-state index is 0.0707. The monoisotopic (exact) mass is 441 g/mol. The van der Waals surface area contributed by atoms with Crippen LogP contribution in [0, 0.1) is 0 Å². The van der Waals surface area contributed by atoms with Crippen LogP contribution in [0.5, 0.6) is 28.7 Å². The zero-order valence-corrected chi connectivity index (χ0v) is 18.2. The number of likely N-dealkylation sites (N-methyl/N-ethyl adjacent to an activating group) is 1. The molecule has 32 heavy (non-hydrogen) atoms. The van der Waals surface area contributed by atoms with Crippen molar-refractivity contribution in [3.63, 3.8) is 0 Å². The fourth-order valence-corrected chi connectivity index (χ4v) is 4.75. The summed E-state index contributed by atoms with van der Waals surface area (Å²) in [5, 5.41) is 0. The third-order valence-electron chi connectivity index (χ3n) is 6.10. The van der Waals surface area contributed by atoms with E-state index >= 15 is 0 Å². The number of methoxy groups -OCH3 is 2. The summed E-state index contributed by atoms with van der Waals surface area (Å²) < 4.78 is 33.6. The van der Waals surface area contributed by atoms with Crippen molar-refractivity contribution in [2.75, 3.05) is 34.6 Å². The van der Waals surface area contributed by atoms with Crippen LogP contribution >= 0.6 is 0 Å². The Kier molecular flexibility index (Phi) is 4.85. The maximum Gasteiger partial charge on any atom is 0.343 e. The molecule has 0 bridgehead atoms. The first-order chi connectivity index (χ1) is 15.4. The number of benzene rings is 2. The number of ether oxygens (including phenoxy) is 6. The lowest BCUT2D eigenvalue weighted by molar-refractivity contribution is -0.132. The van der Waals surface area contributed by atoms with E-state index in [2.05, 4.69) is 4.90 Å². The molecule has 9 heteroatoms. The number of nitrogens with zero attached hydrogens (tertiary/aromatic N) is 1. The maximum atomic E-state index is 13.0. The van der Waals surface area contributed by atoms with E-state index < -0.39 is 18.0 Å². The highest BCUT2D eigenvalue weighted by Crippen LogP contribution is 2.55. The molecule has 3 aliphatic rings. The van der Waals surface area contributed by atoms with Crippen LogP contribution in [0.2, 0.25) is 0 Å². The van der Waals surface area contributed by atoms with Gasteiger partial charge in [0.1, 0.15) is 11.7 Å². The summed E-state index contributed by atoms with van der Waals surface area (Å²) in [6.07, 6.45) is 0.139. The summed E-state index contributed by atoms with van der Waals surface area (Å²) in [5.74, 6) is 1.00. The van der Waals surface area contributed by atoms with Crippen molar-refractivity contribution in [2.45, 2.75) is 25.5 Å². The summed E-state index contributed by atoms with van der Waals surface area (Å²) in [6, 6.07) is 5.08. The van der Waals surface area contributed by atoms with Gasteiger partial charge in [-0.2, -0.15) is 0 Å². The first kappa shape index (κ1) is 20.4. The third kappa shape index (κ3) is 2.96. The Balaban J connectivity index is 1.68. The molecule has 0 aromatic heterocycles. The predicted molar refractivity (Wildman–Crippen MR) is 111 cm³/mol. The van der Waals surface area contributed by atoms with Crippen LogP contribution < -0.4 is 23.7 Å². The molecule has 0 N–H and O–H groups in total. The molecular weight excluding hydrogens is 418 g/mol. The van der Waals surface area contributed by atoms with Gasteiger partial charge in [-0.3, -0.25) is 9.69 Å². The van der Waals surface area contributed by atoms with E-state index in [9.17, 15) is 9.59 Å². The molecular formula is C23H23NO8. The summed E-state index contributed by atoms with van der Waals surface area (Å²) in [7, 11) is 5.01. The minimum atomic E-state index is -0.643. The standard InChI is InChI=1S/C23H23NO8/c1-11(25)31-20-14(27-3)6-5-13-17(20)23(26)32-19(13)18-16-12(7-8-24(18)2)9-15-21(22(16)28-4)30-10-29-15/h5-6,9,18-19H,7-8,10H2,1-4H3/t18-,19+/m1/s1. The van der Waals surface area contributed by atoms with Crippen LogP contribution in [0.25, 0.3) is 0 Å². The number of hydrogen-bond acceptors (Lipinski definition) is 9. The number of fused-ring (bicyclic) bond motifs is 3. The second-order valence-electron chi connectivity index (χ2n) is 7.87. The Morgan fingerprint density at radius 2 is 1.97 bits per heavy atom. The van der Waals surface area contributed by atoms with Gasteiger partial charge in [-0.15, -0.1) is 0 Å². The molecule has 0 spiro atoms. The Bertz CT molecular complexity index is 1130. The van der Waals surface area contributed by atoms with Gasteiger partial charge in [0, 0.05) is 24.6 Å². The van der Waals surface area contributed by atoms with Gasteiger partial charge in [0.15, 0.2) is 23.0 Å². The third-order valence-corrected chi connectivity index (χ3v) is 6.10. The second-order valence-corrected chi connectivity index (χ2v) is 7.87. The fraction of sp³-hybridized carbons (Fsp3) is 0.391. The molecule has 0 aliphatic carbocycles. The van der Waals surface area contributed by atoms with E-state index in [-0.39, 0.29) is 29.9 Å². The average Bonchev–Trinajstić information content (AvgIpc) is 3.36. The van der Waals surface area contributed by atoms with Gasteiger partial charge >= 0.3 is 11.9 Å². The van der Waals surface area contributed by atoms with Crippen molar-refractivity contribution in [1.29, 1.82) is 0 Å². The van der Waals surface area contributed by atoms with Crippen molar-refractivity contribution in [3.05, 3.63) is 40.5 Å². The zero-order valence-electron chi connectivity index (χ0n) is 18.2. The van der Waals surface area contributed by atoms with Gasteiger partial charge in [-0.25, -0.2) is 4.79 Å². The van der Waals surface area contributed by atoms with Gasteiger partial charge < -0.3 is 28.4 Å². The Morgan fingerprint density at radius 3 is 2.69 bits per heavy atom. The van der Waals surface area contributed by atoms with Crippen LogP contribution in [0.4, 0.5) is 0 Å². The van der Waals surface area contributed by atoms with E-state index in [1.165, 1.54) is 14.0 Å². The molecule has 2 aromatic carbocycles. The molecule has 3 heterocycles. The van der Waals surface area contributed by atoms with E-state index in [0.29, 0.717) is 22.8 Å². The molecule has 168 valence electrons. The predicted octanol–water partition coefficient (Wildman–Crippen LogP) is 2.80. The van der Waals surface area contributed by atoms with Crippen molar-refractivity contribution in [3.8, 4) is 28.7 Å². The lowest BCUT2D eigenvalue weighted by Crippen LogP contribution is -2.36. The zero-order chi connectivity index (χ0) is 22.6. The molecule has 0 fully saturated rings. The number of hydrogen-bond donors (Lipinski definition) is 0. The molecule has 0 radical (unpaired) electrons. The molecule has 3 aliphatic heterocycles. The maximum absolute atomic E-state index is 13.0. The first-order valence-corrected chi connectivity index (χ1v) is 10.2. The van der Waals surface area contributed by atoms with Crippen molar-refractivity contribution in [1.82, 2.24) is 4.90 Å². The molecule has 5 rings (SSSR count). The van der Waals surface area contributed by atoms with Gasteiger partial charge in [0.2, 0.25) is 12.5 Å². The van der Waals surface area contributed by atoms with E-state index in [0.717, 1.165) is 24.1 Å². The van der Waals surface area contributed by atoms with Gasteiger partial charge in [-0.1, -0.05) is 6.07 Å². The van der Waals surface area contributed by atoms with E-state index in [1.807, 2.05) is 13.1 Å². The minimum Gasteiger partial charge on any atom is -0.493 e. The van der Waals surface area contributed by atoms with Crippen molar-refractivity contribution >= 4 is 11.9 Å². The first-order valence-electron chi connectivity index (χ1n) is 10.2. The fourth-order valence-electron chi connectivity index (χ4n) is 4.75. The highest BCUT2D eigenvalue weighted by atomic mass is 16.7. The number of cyclic esters (lactones) is 1. The second kappa shape index (κ2) is 7.59. The Morgan fingerprint density at radius 1 is 1.16 bits per heavy atom. The normalized spacial score (nSPS) is 20.9. The summed E-state index contributed by atoms with van der Waals surface area (Å²) in [6.45, 7) is 2.15. The van der Waals surface area contributed by atoms with Crippen LogP contribution in [0.15, 0.2) is 18.2 Å². The summed E-state index contributed by atoms with van der Waals surface area (Å²) in [4.78, 5) is 26.8. The lowest BCUT2D eigenvalue weighted by atomic mass is 9.85. The molecule has 0 amide bonds. The van der Waals surface area contributed by atoms with Crippen molar-refractivity contribution in [2.24, 2.45) is 0 Å². The van der Waals surface area contributed by atoms with Gasteiger partial charge in [0.05, 0.1) is 20.3 Å². The van der Waals surface area contributed by atoms with E-state index in [4.69, 9.17) is 28.4 Å². The number of carbonyl (C=O) groups excluding carboxylic acids is 2. The summed E-state index contributed by atoms with van der Waals surface area (Å²) >= 11 is 0. The van der Waals surface area contributed by atoms with Gasteiger partial charge in [0.25, 0.3) is 0 Å². The van der Waals surface area contributed by atoms with Crippen molar-refractivity contribution < 1.29 is 38.0 Å². The average molecular weight is 441 g/mol.